The molecule has 1 aliphatic heterocycles. The Morgan fingerprint density at radius 1 is 1.41 bits per heavy atom. The molecule has 1 amide bonds. The number of hydrogen-bond donors (Lipinski definition) is 1. The first kappa shape index (κ1) is 16.9. The summed E-state index contributed by atoms with van der Waals surface area (Å²) in [6, 6.07) is 1.96. The Labute approximate surface area is 132 Å². The smallest absolute Gasteiger partial charge is 0.253 e. The SMILES string of the molecule is COCC(NC(=O)c1c(C)cc(C)nc1C)C1CCOCC1. The highest BCUT2D eigenvalue weighted by Crippen LogP contribution is 2.20. The van der Waals surface area contributed by atoms with Gasteiger partial charge < -0.3 is 14.8 Å². The van der Waals surface area contributed by atoms with Crippen LogP contribution in [0.25, 0.3) is 0 Å². The van der Waals surface area contributed by atoms with Crippen LogP contribution in [0.1, 0.15) is 40.2 Å². The average Bonchev–Trinajstić information content (AvgIpc) is 2.46. The predicted octanol–water partition coefficient (Wildman–Crippen LogP) is 2.18. The molecule has 0 aliphatic carbocycles. The van der Waals surface area contributed by atoms with Crippen LogP contribution in [0.15, 0.2) is 6.07 Å². The van der Waals surface area contributed by atoms with Crippen LogP contribution < -0.4 is 5.32 Å². The van der Waals surface area contributed by atoms with Crippen LogP contribution in [0, 0.1) is 26.7 Å². The van der Waals surface area contributed by atoms with Gasteiger partial charge >= 0.3 is 0 Å². The molecule has 2 rings (SSSR count). The number of carbonyl (C=O) groups excluding carboxylic acids is 1. The Balaban J connectivity index is 2.14. The third-order valence-corrected chi connectivity index (χ3v) is 4.25. The number of amides is 1. The summed E-state index contributed by atoms with van der Waals surface area (Å²) in [6.07, 6.45) is 1.91. The van der Waals surface area contributed by atoms with E-state index in [1.54, 1.807) is 7.11 Å². The number of carbonyl (C=O) groups is 1. The lowest BCUT2D eigenvalue weighted by Gasteiger charge is -2.30. The molecule has 2 heterocycles. The molecule has 1 aromatic rings. The molecular weight excluding hydrogens is 280 g/mol. The summed E-state index contributed by atoms with van der Waals surface area (Å²) in [5, 5.41) is 3.15. The third kappa shape index (κ3) is 4.05. The van der Waals surface area contributed by atoms with Crippen LogP contribution in [-0.4, -0.2) is 43.9 Å². The first-order valence-electron chi connectivity index (χ1n) is 7.85. The molecular formula is C17H26N2O3. The van der Waals surface area contributed by atoms with Gasteiger partial charge in [-0.15, -0.1) is 0 Å². The van der Waals surface area contributed by atoms with Crippen molar-refractivity contribution >= 4 is 5.91 Å². The van der Waals surface area contributed by atoms with Crippen LogP contribution >= 0.6 is 0 Å². The summed E-state index contributed by atoms with van der Waals surface area (Å²) in [4.78, 5) is 17.1. The van der Waals surface area contributed by atoms with Crippen molar-refractivity contribution in [1.29, 1.82) is 0 Å². The highest BCUT2D eigenvalue weighted by molar-refractivity contribution is 5.96. The van der Waals surface area contributed by atoms with E-state index in [4.69, 9.17) is 9.47 Å². The van der Waals surface area contributed by atoms with E-state index in [0.29, 0.717) is 18.1 Å². The average molecular weight is 306 g/mol. The van der Waals surface area contributed by atoms with E-state index in [-0.39, 0.29) is 11.9 Å². The minimum Gasteiger partial charge on any atom is -0.383 e. The van der Waals surface area contributed by atoms with Gasteiger partial charge in [0.05, 0.1) is 23.9 Å². The van der Waals surface area contributed by atoms with E-state index in [1.807, 2.05) is 26.8 Å². The molecule has 1 aliphatic rings. The summed E-state index contributed by atoms with van der Waals surface area (Å²) in [6.45, 7) is 7.81. The van der Waals surface area contributed by atoms with Crippen molar-refractivity contribution in [3.63, 3.8) is 0 Å². The number of ether oxygens (including phenoxy) is 2. The number of nitrogens with one attached hydrogen (secondary N) is 1. The second kappa shape index (κ2) is 7.70. The first-order valence-corrected chi connectivity index (χ1v) is 7.85. The molecule has 1 aromatic heterocycles. The molecule has 22 heavy (non-hydrogen) atoms. The monoisotopic (exact) mass is 306 g/mol. The minimum atomic E-state index is -0.0592. The number of methoxy groups -OCH3 is 1. The fourth-order valence-corrected chi connectivity index (χ4v) is 3.20. The van der Waals surface area contributed by atoms with Gasteiger partial charge in [-0.3, -0.25) is 9.78 Å². The maximum atomic E-state index is 12.7. The van der Waals surface area contributed by atoms with Crippen molar-refractivity contribution in [2.24, 2.45) is 5.92 Å². The van der Waals surface area contributed by atoms with Crippen molar-refractivity contribution in [3.8, 4) is 0 Å². The highest BCUT2D eigenvalue weighted by atomic mass is 16.5. The van der Waals surface area contributed by atoms with Crippen LogP contribution in [-0.2, 0) is 9.47 Å². The summed E-state index contributed by atoms with van der Waals surface area (Å²) in [5.41, 5.74) is 3.35. The van der Waals surface area contributed by atoms with Gasteiger partial charge in [-0.1, -0.05) is 0 Å². The van der Waals surface area contributed by atoms with Gasteiger partial charge in [0.25, 0.3) is 5.91 Å². The molecule has 5 nitrogen and oxygen atoms in total. The van der Waals surface area contributed by atoms with Gasteiger partial charge in [-0.05, 0) is 51.2 Å². The largest absolute Gasteiger partial charge is 0.383 e. The second-order valence-electron chi connectivity index (χ2n) is 6.03. The number of aromatic nitrogens is 1. The Hall–Kier alpha value is -1.46. The number of nitrogens with zero attached hydrogens (tertiary/aromatic N) is 1. The maximum absolute atomic E-state index is 12.7. The maximum Gasteiger partial charge on any atom is 0.253 e. The number of aryl methyl sites for hydroxylation is 3. The molecule has 0 aromatic carbocycles. The van der Waals surface area contributed by atoms with Gasteiger partial charge in [0.15, 0.2) is 0 Å². The van der Waals surface area contributed by atoms with Gasteiger partial charge in [0.2, 0.25) is 0 Å². The fourth-order valence-electron chi connectivity index (χ4n) is 3.20. The van der Waals surface area contributed by atoms with Gasteiger partial charge in [0, 0.05) is 26.0 Å². The molecule has 0 radical (unpaired) electrons. The molecule has 1 N–H and O–H groups in total. The van der Waals surface area contributed by atoms with E-state index in [2.05, 4.69) is 10.3 Å². The molecule has 0 spiro atoms. The van der Waals surface area contributed by atoms with E-state index in [1.165, 1.54) is 0 Å². The lowest BCUT2D eigenvalue weighted by Crippen LogP contribution is -2.45. The highest BCUT2D eigenvalue weighted by Gasteiger charge is 2.27. The molecule has 1 unspecified atom stereocenters. The number of hydrogen-bond acceptors (Lipinski definition) is 4. The Bertz CT molecular complexity index is 502. The summed E-state index contributed by atoms with van der Waals surface area (Å²) >= 11 is 0. The van der Waals surface area contributed by atoms with Crippen molar-refractivity contribution in [2.45, 2.75) is 39.7 Å². The van der Waals surface area contributed by atoms with Crippen molar-refractivity contribution in [3.05, 3.63) is 28.6 Å². The van der Waals surface area contributed by atoms with Crippen LogP contribution in [0.3, 0.4) is 0 Å². The van der Waals surface area contributed by atoms with Crippen molar-refractivity contribution in [1.82, 2.24) is 10.3 Å². The van der Waals surface area contributed by atoms with E-state index in [0.717, 1.165) is 43.0 Å². The predicted molar refractivity (Wildman–Crippen MR) is 85.1 cm³/mol. The quantitative estimate of drug-likeness (QED) is 0.906. The normalized spacial score (nSPS) is 17.3. The molecule has 1 atom stereocenters. The summed E-state index contributed by atoms with van der Waals surface area (Å²) in [5.74, 6) is 0.340. The fraction of sp³-hybridized carbons (Fsp3) is 0.647. The number of rotatable bonds is 5. The Morgan fingerprint density at radius 2 is 2.09 bits per heavy atom. The van der Waals surface area contributed by atoms with Gasteiger partial charge in [0.1, 0.15) is 0 Å². The lowest BCUT2D eigenvalue weighted by molar-refractivity contribution is 0.0361. The molecule has 5 heteroatoms. The molecule has 1 fully saturated rings. The lowest BCUT2D eigenvalue weighted by atomic mass is 9.91. The van der Waals surface area contributed by atoms with Crippen LogP contribution in [0.2, 0.25) is 0 Å². The van der Waals surface area contributed by atoms with E-state index in [9.17, 15) is 4.79 Å². The number of pyridine rings is 1. The van der Waals surface area contributed by atoms with Gasteiger partial charge in [-0.25, -0.2) is 0 Å². The molecule has 0 saturated carbocycles. The van der Waals surface area contributed by atoms with Crippen LogP contribution in [0.5, 0.6) is 0 Å². The zero-order valence-corrected chi connectivity index (χ0v) is 13.9. The zero-order valence-electron chi connectivity index (χ0n) is 13.9. The minimum absolute atomic E-state index is 0.0153. The second-order valence-corrected chi connectivity index (χ2v) is 6.03. The summed E-state index contributed by atoms with van der Waals surface area (Å²) in [7, 11) is 1.67. The zero-order chi connectivity index (χ0) is 16.1. The standard InChI is InChI=1S/C17H26N2O3/c1-11-9-12(2)18-13(3)16(11)17(20)19-15(10-21-4)14-5-7-22-8-6-14/h9,14-15H,5-8,10H2,1-4H3,(H,19,20). The van der Waals surface area contributed by atoms with Crippen LogP contribution in [0.4, 0.5) is 0 Å². The van der Waals surface area contributed by atoms with E-state index >= 15 is 0 Å². The first-order chi connectivity index (χ1) is 10.5. The third-order valence-electron chi connectivity index (χ3n) is 4.25. The topological polar surface area (TPSA) is 60.5 Å². The Morgan fingerprint density at radius 3 is 2.68 bits per heavy atom. The van der Waals surface area contributed by atoms with Crippen molar-refractivity contribution in [2.75, 3.05) is 26.9 Å². The Kier molecular flexibility index (Phi) is 5.91. The van der Waals surface area contributed by atoms with Gasteiger partial charge in [-0.2, -0.15) is 0 Å². The van der Waals surface area contributed by atoms with Crippen molar-refractivity contribution < 1.29 is 14.3 Å². The molecule has 1 saturated heterocycles. The van der Waals surface area contributed by atoms with E-state index < -0.39 is 0 Å². The molecule has 0 bridgehead atoms. The summed E-state index contributed by atoms with van der Waals surface area (Å²) < 4.78 is 10.7. The molecule has 122 valence electrons.